The zero-order chi connectivity index (χ0) is 13.5. The van der Waals surface area contributed by atoms with E-state index in [0.29, 0.717) is 12.2 Å². The van der Waals surface area contributed by atoms with Crippen molar-refractivity contribution in [3.05, 3.63) is 48.1 Å². The second kappa shape index (κ2) is 6.77. The number of rotatable bonds is 5. The quantitative estimate of drug-likeness (QED) is 0.270. The third kappa shape index (κ3) is 4.55. The first-order valence-electron chi connectivity index (χ1n) is 5.32. The number of carbonyl (C=O) groups excluding carboxylic acids is 2. The van der Waals surface area contributed by atoms with E-state index in [0.717, 1.165) is 11.1 Å². The predicted molar refractivity (Wildman–Crippen MR) is 71.5 cm³/mol. The topological polar surface area (TPSA) is 43.4 Å². The molecular formula is C14H13ClO3. The second-order valence-electron chi connectivity index (χ2n) is 3.59. The Morgan fingerprint density at radius 2 is 2.17 bits per heavy atom. The number of allylic oxidation sites excluding steroid dienone is 2. The maximum absolute atomic E-state index is 10.9. The van der Waals surface area contributed by atoms with Gasteiger partial charge in [-0.3, -0.25) is 9.59 Å². The number of esters is 1. The lowest BCUT2D eigenvalue weighted by molar-refractivity contribution is -0.131. The molecule has 0 aliphatic carbocycles. The van der Waals surface area contributed by atoms with E-state index >= 15 is 0 Å². The van der Waals surface area contributed by atoms with Gasteiger partial charge in [0, 0.05) is 6.92 Å². The van der Waals surface area contributed by atoms with Crippen molar-refractivity contribution in [1.29, 1.82) is 0 Å². The summed E-state index contributed by atoms with van der Waals surface area (Å²) in [6.45, 7) is 4.99. The van der Waals surface area contributed by atoms with Crippen LogP contribution in [-0.4, -0.2) is 11.2 Å². The van der Waals surface area contributed by atoms with Gasteiger partial charge < -0.3 is 4.74 Å². The highest BCUT2D eigenvalue weighted by Crippen LogP contribution is 2.22. The molecule has 1 aromatic carbocycles. The number of ether oxygens (including phenoxy) is 1. The molecule has 0 amide bonds. The van der Waals surface area contributed by atoms with Gasteiger partial charge in [-0.05, 0) is 47.4 Å². The molecule has 0 N–H and O–H groups in total. The Labute approximate surface area is 111 Å². The minimum Gasteiger partial charge on any atom is -0.426 e. The van der Waals surface area contributed by atoms with Crippen LogP contribution in [0.3, 0.4) is 0 Å². The largest absolute Gasteiger partial charge is 0.426 e. The molecule has 0 aliphatic heterocycles. The minimum absolute atomic E-state index is 0.375. The maximum atomic E-state index is 10.9. The van der Waals surface area contributed by atoms with E-state index in [1.165, 1.54) is 13.0 Å². The molecule has 0 aromatic heterocycles. The Morgan fingerprint density at radius 3 is 2.72 bits per heavy atom. The predicted octanol–water partition coefficient (Wildman–Crippen LogP) is 3.12. The van der Waals surface area contributed by atoms with E-state index in [1.54, 1.807) is 24.3 Å². The van der Waals surface area contributed by atoms with Crippen molar-refractivity contribution in [3.63, 3.8) is 0 Å². The molecule has 0 spiro atoms. The van der Waals surface area contributed by atoms with Gasteiger partial charge in [0.1, 0.15) is 5.75 Å². The fourth-order valence-corrected chi connectivity index (χ4v) is 1.50. The monoisotopic (exact) mass is 264 g/mol. The van der Waals surface area contributed by atoms with Gasteiger partial charge in [0.05, 0.1) is 0 Å². The van der Waals surface area contributed by atoms with Gasteiger partial charge in [-0.1, -0.05) is 18.2 Å². The van der Waals surface area contributed by atoms with Crippen molar-refractivity contribution in [2.45, 2.75) is 13.3 Å². The summed E-state index contributed by atoms with van der Waals surface area (Å²) in [5, 5.41) is -0.538. The zero-order valence-corrected chi connectivity index (χ0v) is 10.7. The van der Waals surface area contributed by atoms with Gasteiger partial charge in [0.15, 0.2) is 0 Å². The Morgan fingerprint density at radius 1 is 1.44 bits per heavy atom. The highest BCUT2D eigenvalue weighted by molar-refractivity contribution is 6.66. The molecule has 0 aliphatic rings. The number of hydrogen-bond donors (Lipinski definition) is 0. The molecule has 0 heterocycles. The van der Waals surface area contributed by atoms with Crippen molar-refractivity contribution < 1.29 is 14.3 Å². The highest BCUT2D eigenvalue weighted by Gasteiger charge is 2.05. The third-order valence-electron chi connectivity index (χ3n) is 2.11. The smallest absolute Gasteiger partial charge is 0.308 e. The van der Waals surface area contributed by atoms with E-state index in [2.05, 4.69) is 6.58 Å². The summed E-state index contributed by atoms with van der Waals surface area (Å²) in [7, 11) is 0. The average molecular weight is 265 g/mol. The fraction of sp³-hybridized carbons (Fsp3) is 0.143. The first-order chi connectivity index (χ1) is 8.52. The van der Waals surface area contributed by atoms with Gasteiger partial charge in [-0.25, -0.2) is 0 Å². The molecule has 0 saturated carbocycles. The van der Waals surface area contributed by atoms with Crippen molar-refractivity contribution in [2.24, 2.45) is 0 Å². The minimum atomic E-state index is -0.538. The molecule has 0 atom stereocenters. The molecule has 0 saturated heterocycles. The molecule has 18 heavy (non-hydrogen) atoms. The number of carbonyl (C=O) groups is 2. The summed E-state index contributed by atoms with van der Waals surface area (Å²) < 4.78 is 5.07. The van der Waals surface area contributed by atoms with Gasteiger partial charge in [-0.2, -0.15) is 0 Å². The average Bonchev–Trinajstić information content (AvgIpc) is 2.29. The van der Waals surface area contributed by atoms with Crippen LogP contribution in [-0.2, 0) is 16.0 Å². The van der Waals surface area contributed by atoms with Crippen LogP contribution in [0, 0.1) is 0 Å². The fourth-order valence-electron chi connectivity index (χ4n) is 1.43. The molecule has 3 nitrogen and oxygen atoms in total. The summed E-state index contributed by atoms with van der Waals surface area (Å²) >= 11 is 5.22. The van der Waals surface area contributed by atoms with Crippen LogP contribution in [0.2, 0.25) is 0 Å². The zero-order valence-electron chi connectivity index (χ0n) is 9.98. The van der Waals surface area contributed by atoms with Crippen LogP contribution >= 0.6 is 11.6 Å². The highest BCUT2D eigenvalue weighted by atomic mass is 35.5. The molecule has 1 aromatic rings. The Hall–Kier alpha value is -1.87. The van der Waals surface area contributed by atoms with Gasteiger partial charge in [0.25, 0.3) is 0 Å². The molecule has 94 valence electrons. The van der Waals surface area contributed by atoms with E-state index in [1.807, 2.05) is 6.07 Å². The van der Waals surface area contributed by atoms with Crippen LogP contribution in [0.1, 0.15) is 18.1 Å². The van der Waals surface area contributed by atoms with Crippen LogP contribution in [0.25, 0.3) is 6.08 Å². The van der Waals surface area contributed by atoms with Crippen molar-refractivity contribution >= 4 is 28.9 Å². The van der Waals surface area contributed by atoms with Crippen LogP contribution in [0.15, 0.2) is 36.9 Å². The Balaban J connectivity index is 3.05. The van der Waals surface area contributed by atoms with E-state index in [4.69, 9.17) is 16.3 Å². The number of halogens is 1. The lowest BCUT2D eigenvalue weighted by Gasteiger charge is -2.08. The molecule has 4 heteroatoms. The van der Waals surface area contributed by atoms with Crippen LogP contribution in [0.4, 0.5) is 0 Å². The van der Waals surface area contributed by atoms with Crippen molar-refractivity contribution in [3.8, 4) is 5.75 Å². The molecular weight excluding hydrogens is 252 g/mol. The van der Waals surface area contributed by atoms with Crippen molar-refractivity contribution in [2.75, 3.05) is 0 Å². The lowest BCUT2D eigenvalue weighted by Crippen LogP contribution is -2.03. The number of hydrogen-bond acceptors (Lipinski definition) is 3. The Bertz CT molecular complexity index is 504. The summed E-state index contributed by atoms with van der Waals surface area (Å²) in [5.41, 5.74) is 1.63. The van der Waals surface area contributed by atoms with E-state index < -0.39 is 5.24 Å². The first kappa shape index (κ1) is 14.2. The lowest BCUT2D eigenvalue weighted by atomic mass is 10.1. The normalized spacial score (nSPS) is 10.3. The Kier molecular flexibility index (Phi) is 5.33. The standard InChI is InChI=1S/C14H13ClO3/c1-3-4-12-9-11(6-8-14(15)17)5-7-13(12)18-10(2)16/h3,5-9H,1,4H2,2H3. The number of benzene rings is 1. The molecule has 0 unspecified atom stereocenters. The summed E-state index contributed by atoms with van der Waals surface area (Å²) in [5.74, 6) is 0.122. The SMILES string of the molecule is C=CCc1cc(C=CC(=O)Cl)ccc1OC(C)=O. The van der Waals surface area contributed by atoms with E-state index in [-0.39, 0.29) is 5.97 Å². The molecule has 1 rings (SSSR count). The van der Waals surface area contributed by atoms with Crippen LogP contribution in [0.5, 0.6) is 5.75 Å². The van der Waals surface area contributed by atoms with E-state index in [9.17, 15) is 9.59 Å². The summed E-state index contributed by atoms with van der Waals surface area (Å²) in [6.07, 6.45) is 5.14. The van der Waals surface area contributed by atoms with Gasteiger partial charge in [0.2, 0.25) is 5.24 Å². The van der Waals surface area contributed by atoms with Gasteiger partial charge >= 0.3 is 5.97 Å². The molecule has 0 bridgehead atoms. The van der Waals surface area contributed by atoms with Crippen LogP contribution < -0.4 is 4.74 Å². The van der Waals surface area contributed by atoms with Gasteiger partial charge in [-0.15, -0.1) is 6.58 Å². The van der Waals surface area contributed by atoms with Crippen molar-refractivity contribution in [1.82, 2.24) is 0 Å². The molecule has 0 radical (unpaired) electrons. The maximum Gasteiger partial charge on any atom is 0.308 e. The summed E-state index contributed by atoms with van der Waals surface area (Å²) in [4.78, 5) is 21.6. The first-order valence-corrected chi connectivity index (χ1v) is 5.70. The summed E-state index contributed by atoms with van der Waals surface area (Å²) in [6, 6.07) is 5.23. The second-order valence-corrected chi connectivity index (χ2v) is 3.96. The molecule has 0 fully saturated rings. The third-order valence-corrected chi connectivity index (χ3v) is 2.24.